The Kier molecular flexibility index (Phi) is 5.99. The van der Waals surface area contributed by atoms with Crippen molar-refractivity contribution >= 4 is 22.6 Å². The van der Waals surface area contributed by atoms with Gasteiger partial charge in [0, 0.05) is 5.56 Å². The highest BCUT2D eigenvalue weighted by Crippen LogP contribution is 2.16. The number of benzene rings is 2. The molecule has 0 aliphatic carbocycles. The number of amides is 2. The first kappa shape index (κ1) is 19.5. The smallest absolute Gasteiger partial charge is 0.251 e. The lowest BCUT2D eigenvalue weighted by molar-refractivity contribution is -0.124. The summed E-state index contributed by atoms with van der Waals surface area (Å²) in [4.78, 5) is 25.2. The van der Waals surface area contributed by atoms with Gasteiger partial charge in [-0.05, 0) is 49.1 Å². The fraction of sp³-hybridized carbons (Fsp3) is 0.381. The molecule has 0 saturated carbocycles. The third-order valence-electron chi connectivity index (χ3n) is 4.06. The predicted molar refractivity (Wildman–Crippen MR) is 102 cm³/mol. The van der Waals surface area contributed by atoms with Crippen LogP contribution in [-0.2, 0) is 4.79 Å². The summed E-state index contributed by atoms with van der Waals surface area (Å²) in [5.41, 5.74) is -0.482. The minimum absolute atomic E-state index is 0.216. The molecule has 5 nitrogen and oxygen atoms in total. The second kappa shape index (κ2) is 8.01. The van der Waals surface area contributed by atoms with Crippen molar-refractivity contribution in [2.75, 3.05) is 0 Å². The first-order valence-corrected chi connectivity index (χ1v) is 8.75. The Morgan fingerprint density at radius 1 is 1.12 bits per heavy atom. The average Bonchev–Trinajstić information content (AvgIpc) is 2.59. The van der Waals surface area contributed by atoms with E-state index in [1.165, 1.54) is 0 Å². The SMILES string of the molecule is CC(C)CC(NC(=O)c1ccc2ccccc2c1)C(=O)NC(C)(C)C#N. The van der Waals surface area contributed by atoms with Crippen molar-refractivity contribution < 1.29 is 9.59 Å². The summed E-state index contributed by atoms with van der Waals surface area (Å²) in [6.45, 7) is 7.22. The Balaban J connectivity index is 2.19. The molecule has 2 aromatic carbocycles. The maximum absolute atomic E-state index is 12.7. The molecular formula is C21H25N3O2. The van der Waals surface area contributed by atoms with Crippen LogP contribution in [-0.4, -0.2) is 23.4 Å². The molecule has 5 heteroatoms. The van der Waals surface area contributed by atoms with Crippen molar-refractivity contribution in [1.29, 1.82) is 5.26 Å². The van der Waals surface area contributed by atoms with Crippen LogP contribution in [0.25, 0.3) is 10.8 Å². The molecule has 0 fully saturated rings. The number of nitrogens with zero attached hydrogens (tertiary/aromatic N) is 1. The van der Waals surface area contributed by atoms with Crippen molar-refractivity contribution in [2.45, 2.75) is 45.7 Å². The van der Waals surface area contributed by atoms with E-state index in [9.17, 15) is 9.59 Å². The molecule has 2 amide bonds. The van der Waals surface area contributed by atoms with Gasteiger partial charge >= 0.3 is 0 Å². The minimum atomic E-state index is -0.986. The van der Waals surface area contributed by atoms with Gasteiger partial charge in [-0.1, -0.05) is 44.2 Å². The van der Waals surface area contributed by atoms with E-state index in [1.54, 1.807) is 19.9 Å². The molecule has 1 unspecified atom stereocenters. The number of hydrogen-bond donors (Lipinski definition) is 2. The number of nitriles is 1. The normalized spacial score (nSPS) is 12.5. The van der Waals surface area contributed by atoms with E-state index in [0.717, 1.165) is 10.8 Å². The second-order valence-corrected chi connectivity index (χ2v) is 7.44. The molecule has 0 aromatic heterocycles. The number of carbonyl (C=O) groups excluding carboxylic acids is 2. The van der Waals surface area contributed by atoms with Crippen molar-refractivity contribution in [3.63, 3.8) is 0 Å². The third kappa shape index (κ3) is 5.06. The second-order valence-electron chi connectivity index (χ2n) is 7.44. The van der Waals surface area contributed by atoms with Gasteiger partial charge in [0.25, 0.3) is 5.91 Å². The summed E-state index contributed by atoms with van der Waals surface area (Å²) in [5, 5.41) is 16.6. The van der Waals surface area contributed by atoms with Crippen LogP contribution in [0.2, 0.25) is 0 Å². The molecule has 0 saturated heterocycles. The Labute approximate surface area is 154 Å². The average molecular weight is 351 g/mol. The third-order valence-corrected chi connectivity index (χ3v) is 4.06. The number of fused-ring (bicyclic) bond motifs is 1. The number of carbonyl (C=O) groups is 2. The van der Waals surface area contributed by atoms with Crippen molar-refractivity contribution in [3.8, 4) is 6.07 Å². The van der Waals surface area contributed by atoms with Crippen LogP contribution in [0.5, 0.6) is 0 Å². The molecular weight excluding hydrogens is 326 g/mol. The molecule has 2 rings (SSSR count). The summed E-state index contributed by atoms with van der Waals surface area (Å²) < 4.78 is 0. The minimum Gasteiger partial charge on any atom is -0.340 e. The summed E-state index contributed by atoms with van der Waals surface area (Å²) >= 11 is 0. The molecule has 26 heavy (non-hydrogen) atoms. The van der Waals surface area contributed by atoms with Crippen LogP contribution in [0.15, 0.2) is 42.5 Å². The van der Waals surface area contributed by atoms with E-state index in [0.29, 0.717) is 12.0 Å². The van der Waals surface area contributed by atoms with Crippen LogP contribution in [0.1, 0.15) is 44.5 Å². The molecule has 2 N–H and O–H groups in total. The molecule has 0 radical (unpaired) electrons. The first-order valence-electron chi connectivity index (χ1n) is 8.75. The largest absolute Gasteiger partial charge is 0.340 e. The standard InChI is InChI=1S/C21H25N3O2/c1-14(2)11-18(20(26)24-21(3,4)13-22)23-19(25)17-10-9-15-7-5-6-8-16(15)12-17/h5-10,12,14,18H,11H2,1-4H3,(H,23,25)(H,24,26). The summed E-state index contributed by atoms with van der Waals surface area (Å²) in [6.07, 6.45) is 0.493. The quantitative estimate of drug-likeness (QED) is 0.837. The van der Waals surface area contributed by atoms with Gasteiger partial charge in [-0.2, -0.15) is 5.26 Å². The molecule has 0 spiro atoms. The maximum atomic E-state index is 12.7. The van der Waals surface area contributed by atoms with Gasteiger partial charge in [-0.3, -0.25) is 9.59 Å². The van der Waals surface area contributed by atoms with Crippen molar-refractivity contribution in [3.05, 3.63) is 48.0 Å². The van der Waals surface area contributed by atoms with E-state index in [4.69, 9.17) is 5.26 Å². The lowest BCUT2D eigenvalue weighted by Gasteiger charge is -2.24. The zero-order valence-corrected chi connectivity index (χ0v) is 15.7. The number of rotatable bonds is 6. The van der Waals surface area contributed by atoms with Crippen LogP contribution in [0.4, 0.5) is 0 Å². The Morgan fingerprint density at radius 3 is 2.38 bits per heavy atom. The molecule has 136 valence electrons. The Bertz CT molecular complexity index is 850. The summed E-state index contributed by atoms with van der Waals surface area (Å²) in [5.74, 6) is -0.432. The van der Waals surface area contributed by atoms with Crippen LogP contribution in [0.3, 0.4) is 0 Å². The molecule has 2 aromatic rings. The fourth-order valence-corrected chi connectivity index (χ4v) is 2.70. The van der Waals surface area contributed by atoms with Gasteiger partial charge < -0.3 is 10.6 Å². The van der Waals surface area contributed by atoms with Crippen molar-refractivity contribution in [1.82, 2.24) is 10.6 Å². The highest BCUT2D eigenvalue weighted by atomic mass is 16.2. The highest BCUT2D eigenvalue weighted by molar-refractivity contribution is 6.00. The summed E-state index contributed by atoms with van der Waals surface area (Å²) in [6, 6.07) is 14.6. The molecule has 0 aliphatic heterocycles. The van der Waals surface area contributed by atoms with Gasteiger partial charge in [0.1, 0.15) is 11.6 Å². The zero-order chi connectivity index (χ0) is 19.3. The van der Waals surface area contributed by atoms with E-state index < -0.39 is 11.6 Å². The Hall–Kier alpha value is -2.87. The van der Waals surface area contributed by atoms with E-state index in [1.807, 2.05) is 56.3 Å². The topological polar surface area (TPSA) is 82.0 Å². The van der Waals surface area contributed by atoms with Crippen LogP contribution in [0, 0.1) is 17.2 Å². The molecule has 0 bridgehead atoms. The van der Waals surface area contributed by atoms with Crippen molar-refractivity contribution in [2.24, 2.45) is 5.92 Å². The van der Waals surface area contributed by atoms with E-state index in [2.05, 4.69) is 10.6 Å². The van der Waals surface area contributed by atoms with Gasteiger partial charge in [0.15, 0.2) is 0 Å². The maximum Gasteiger partial charge on any atom is 0.251 e. The van der Waals surface area contributed by atoms with E-state index in [-0.39, 0.29) is 17.7 Å². The van der Waals surface area contributed by atoms with Gasteiger partial charge in [0.05, 0.1) is 6.07 Å². The Morgan fingerprint density at radius 2 is 1.77 bits per heavy atom. The van der Waals surface area contributed by atoms with E-state index >= 15 is 0 Å². The molecule has 1 atom stereocenters. The highest BCUT2D eigenvalue weighted by Gasteiger charge is 2.27. The van der Waals surface area contributed by atoms with Crippen LogP contribution >= 0.6 is 0 Å². The van der Waals surface area contributed by atoms with Crippen LogP contribution < -0.4 is 10.6 Å². The predicted octanol–water partition coefficient (Wildman–Crippen LogP) is 3.40. The number of hydrogen-bond acceptors (Lipinski definition) is 3. The first-order chi connectivity index (χ1) is 12.2. The zero-order valence-electron chi connectivity index (χ0n) is 15.7. The van der Waals surface area contributed by atoms with Gasteiger partial charge in [0.2, 0.25) is 5.91 Å². The fourth-order valence-electron chi connectivity index (χ4n) is 2.70. The number of nitrogens with one attached hydrogen (secondary N) is 2. The molecule has 0 aliphatic rings. The summed E-state index contributed by atoms with van der Waals surface area (Å²) in [7, 11) is 0. The lowest BCUT2D eigenvalue weighted by Crippen LogP contribution is -2.53. The monoisotopic (exact) mass is 351 g/mol. The lowest BCUT2D eigenvalue weighted by atomic mass is 10.00. The van der Waals surface area contributed by atoms with Gasteiger partial charge in [-0.15, -0.1) is 0 Å². The van der Waals surface area contributed by atoms with Gasteiger partial charge in [-0.25, -0.2) is 0 Å². The molecule has 0 heterocycles.